The second-order valence-electron chi connectivity index (χ2n) is 4.37. The average Bonchev–Trinajstić information content (AvgIpc) is 2.34. The molecular formula is C15H24BrMgN. The molecule has 0 heterocycles. The van der Waals surface area contributed by atoms with E-state index in [0.717, 1.165) is 6.54 Å². The predicted molar refractivity (Wildman–Crippen MR) is 76.1 cm³/mol. The van der Waals surface area contributed by atoms with Crippen LogP contribution in [0.25, 0.3) is 0 Å². The van der Waals surface area contributed by atoms with Gasteiger partial charge in [-0.05, 0) is 25.9 Å². The van der Waals surface area contributed by atoms with Crippen molar-refractivity contribution in [1.82, 2.24) is 4.90 Å². The number of hydrogen-bond donors (Lipinski definition) is 0. The summed E-state index contributed by atoms with van der Waals surface area (Å²) in [4.78, 5) is 2.55. The molecule has 0 bridgehead atoms. The van der Waals surface area contributed by atoms with E-state index in [2.05, 4.69) is 36.9 Å². The van der Waals surface area contributed by atoms with Crippen LogP contribution in [0.5, 0.6) is 0 Å². The molecule has 1 aromatic carbocycles. The van der Waals surface area contributed by atoms with Gasteiger partial charge in [0.2, 0.25) is 0 Å². The first kappa shape index (κ1) is 20.7. The zero-order chi connectivity index (χ0) is 11.6. The van der Waals surface area contributed by atoms with E-state index >= 15 is 0 Å². The number of benzene rings is 1. The summed E-state index contributed by atoms with van der Waals surface area (Å²) in [5, 5.41) is 0. The van der Waals surface area contributed by atoms with Crippen molar-refractivity contribution in [2.24, 2.45) is 0 Å². The third-order valence-corrected chi connectivity index (χ3v) is 2.82. The van der Waals surface area contributed by atoms with Crippen LogP contribution in [-0.2, 0) is 6.54 Å². The minimum absolute atomic E-state index is 0. The van der Waals surface area contributed by atoms with Gasteiger partial charge < -0.3 is 21.9 Å². The van der Waals surface area contributed by atoms with Gasteiger partial charge in [-0.3, -0.25) is 0 Å². The maximum atomic E-state index is 3.31. The molecule has 98 valence electrons. The molecule has 0 aliphatic heterocycles. The first-order valence-corrected chi connectivity index (χ1v) is 6.54. The molecule has 0 saturated carbocycles. The fourth-order valence-electron chi connectivity index (χ4n) is 1.80. The van der Waals surface area contributed by atoms with E-state index in [0.29, 0.717) is 0 Å². The molecular weight excluding hydrogens is 298 g/mol. The van der Waals surface area contributed by atoms with Gasteiger partial charge in [0.25, 0.3) is 0 Å². The molecule has 3 heteroatoms. The molecule has 0 N–H and O–H groups in total. The predicted octanol–water partition coefficient (Wildman–Crippen LogP) is 0.512. The van der Waals surface area contributed by atoms with Crippen LogP contribution in [0.3, 0.4) is 0 Å². The Morgan fingerprint density at radius 2 is 1.67 bits per heavy atom. The molecule has 18 heavy (non-hydrogen) atoms. The van der Waals surface area contributed by atoms with Gasteiger partial charge in [0, 0.05) is 6.54 Å². The molecule has 0 fully saturated rings. The molecule has 0 aliphatic rings. The summed E-state index contributed by atoms with van der Waals surface area (Å²) in [6.07, 6.45) is 5.16. The van der Waals surface area contributed by atoms with E-state index in [1.807, 2.05) is 12.1 Å². The maximum Gasteiger partial charge on any atom is 2.00 e. The summed E-state index contributed by atoms with van der Waals surface area (Å²) in [5.74, 6) is 0. The van der Waals surface area contributed by atoms with Crippen molar-refractivity contribution in [2.45, 2.75) is 46.1 Å². The van der Waals surface area contributed by atoms with Crippen molar-refractivity contribution in [2.75, 3.05) is 13.1 Å². The van der Waals surface area contributed by atoms with Gasteiger partial charge in [0.15, 0.2) is 0 Å². The number of hydrogen-bond acceptors (Lipinski definition) is 1. The summed E-state index contributed by atoms with van der Waals surface area (Å²) in [5.41, 5.74) is 1.31. The van der Waals surface area contributed by atoms with Gasteiger partial charge >= 0.3 is 23.1 Å². The van der Waals surface area contributed by atoms with Gasteiger partial charge in [-0.25, -0.2) is 0 Å². The third kappa shape index (κ3) is 9.37. The monoisotopic (exact) mass is 321 g/mol. The van der Waals surface area contributed by atoms with Crippen LogP contribution in [-0.4, -0.2) is 41.0 Å². The van der Waals surface area contributed by atoms with Crippen LogP contribution in [0.4, 0.5) is 0 Å². The normalized spacial score (nSPS) is 9.72. The first-order valence-electron chi connectivity index (χ1n) is 6.54. The summed E-state index contributed by atoms with van der Waals surface area (Å²) >= 11 is 0. The van der Waals surface area contributed by atoms with Crippen LogP contribution in [0.2, 0.25) is 0 Å². The van der Waals surface area contributed by atoms with E-state index < -0.39 is 0 Å². The molecule has 0 unspecified atom stereocenters. The summed E-state index contributed by atoms with van der Waals surface area (Å²) in [6.45, 7) is 8.01. The molecule has 0 saturated heterocycles. The van der Waals surface area contributed by atoms with Crippen LogP contribution < -0.4 is 17.0 Å². The van der Waals surface area contributed by atoms with E-state index in [9.17, 15) is 0 Å². The Balaban J connectivity index is 0. The minimum Gasteiger partial charge on any atom is -1.00 e. The van der Waals surface area contributed by atoms with Gasteiger partial charge in [-0.15, -0.1) is 5.56 Å². The minimum atomic E-state index is 0. The number of halogens is 1. The Morgan fingerprint density at radius 3 is 2.11 bits per heavy atom. The van der Waals surface area contributed by atoms with Gasteiger partial charge in [0.1, 0.15) is 0 Å². The topological polar surface area (TPSA) is 3.24 Å². The molecule has 0 aliphatic carbocycles. The molecule has 0 radical (unpaired) electrons. The Labute approximate surface area is 139 Å². The van der Waals surface area contributed by atoms with Crippen LogP contribution in [0, 0.1) is 6.07 Å². The molecule has 1 nitrogen and oxygen atoms in total. The average molecular weight is 323 g/mol. The van der Waals surface area contributed by atoms with Gasteiger partial charge in [0.05, 0.1) is 0 Å². The Morgan fingerprint density at radius 1 is 1.06 bits per heavy atom. The van der Waals surface area contributed by atoms with E-state index in [1.165, 1.54) is 44.3 Å². The second kappa shape index (κ2) is 13.8. The molecule has 0 atom stereocenters. The van der Waals surface area contributed by atoms with Crippen molar-refractivity contribution in [3.05, 3.63) is 35.9 Å². The first-order chi connectivity index (χ1) is 7.86. The van der Waals surface area contributed by atoms with Crippen molar-refractivity contribution in [1.29, 1.82) is 0 Å². The third-order valence-electron chi connectivity index (χ3n) is 2.82. The second-order valence-corrected chi connectivity index (χ2v) is 4.37. The fraction of sp³-hybridized carbons (Fsp3) is 0.600. The van der Waals surface area contributed by atoms with Crippen molar-refractivity contribution < 1.29 is 17.0 Å². The summed E-state index contributed by atoms with van der Waals surface area (Å²) in [6, 6.07) is 11.6. The maximum absolute atomic E-state index is 3.31. The fourth-order valence-corrected chi connectivity index (χ4v) is 1.80. The quantitative estimate of drug-likeness (QED) is 0.498. The van der Waals surface area contributed by atoms with Crippen LogP contribution in [0.1, 0.15) is 45.1 Å². The molecule has 0 spiro atoms. The molecule has 0 aromatic heterocycles. The number of rotatable bonds is 8. The number of unbranched alkanes of at least 4 members (excludes halogenated alkanes) is 2. The van der Waals surface area contributed by atoms with E-state index in [1.54, 1.807) is 0 Å². The molecule has 0 amide bonds. The largest absolute Gasteiger partial charge is 2.00 e. The van der Waals surface area contributed by atoms with Crippen molar-refractivity contribution >= 4 is 23.1 Å². The van der Waals surface area contributed by atoms with E-state index in [-0.39, 0.29) is 40.0 Å². The van der Waals surface area contributed by atoms with Crippen molar-refractivity contribution in [3.63, 3.8) is 0 Å². The standard InChI is InChI=1S/C15H24N.BrH.Mg/c1-3-5-12-16(13-6-4-2)14-15-10-8-7-9-11-15;;/h7-10H,3-6,12-14H2,1-2H3;1H;/q-1;;+2/p-1. The molecule has 1 aromatic rings. The van der Waals surface area contributed by atoms with Crippen LogP contribution >= 0.6 is 0 Å². The SMILES string of the molecule is CCCCN(CCCC)Cc1[c-]cccc1.[Br-].[Mg+2]. The summed E-state index contributed by atoms with van der Waals surface area (Å²) < 4.78 is 0. The zero-order valence-electron chi connectivity index (χ0n) is 11.8. The van der Waals surface area contributed by atoms with Gasteiger partial charge in [-0.2, -0.15) is 30.3 Å². The molecule has 1 rings (SSSR count). The Bertz CT molecular complexity index is 258. The Hall–Kier alpha value is 0.426. The Kier molecular flexibility index (Phi) is 16.0. The smallest absolute Gasteiger partial charge is 1.00 e. The summed E-state index contributed by atoms with van der Waals surface area (Å²) in [7, 11) is 0. The van der Waals surface area contributed by atoms with Crippen molar-refractivity contribution in [3.8, 4) is 0 Å². The van der Waals surface area contributed by atoms with Gasteiger partial charge in [-0.1, -0.05) is 26.7 Å². The van der Waals surface area contributed by atoms with E-state index in [4.69, 9.17) is 0 Å². The van der Waals surface area contributed by atoms with Crippen LogP contribution in [0.15, 0.2) is 24.3 Å². The zero-order valence-corrected chi connectivity index (χ0v) is 14.8. The number of nitrogens with zero attached hydrogens (tertiary/aromatic N) is 1.